The van der Waals surface area contributed by atoms with Crippen LogP contribution in [0.5, 0.6) is 0 Å². The third kappa shape index (κ3) is 6.74. The number of ether oxygens (including phenoxy) is 1. The zero-order chi connectivity index (χ0) is 32.5. The second-order valence-corrected chi connectivity index (χ2v) is 13.6. The number of anilines is 1. The van der Waals surface area contributed by atoms with Crippen molar-refractivity contribution in [3.05, 3.63) is 63.6 Å². The number of fused-ring (bicyclic) bond motifs is 2. The van der Waals surface area contributed by atoms with Gasteiger partial charge in [-0.1, -0.05) is 43.5 Å². The predicted molar refractivity (Wildman–Crippen MR) is 178 cm³/mol. The van der Waals surface area contributed by atoms with E-state index in [4.69, 9.17) is 4.74 Å². The van der Waals surface area contributed by atoms with E-state index < -0.39 is 12.2 Å². The molecule has 2 aromatic carbocycles. The maximum atomic E-state index is 14.0. The van der Waals surface area contributed by atoms with Crippen molar-refractivity contribution in [1.29, 1.82) is 0 Å². The standard InChI is InChI=1S/C35H45N7O5/c1-23-19-24(20-29-31(23)38-33(44)36-29)21-30(32(43)40-17-15-39(16-18-40)26-8-3-2-4-9-26)47-35(46)41-13-11-27(12-14-41)42-22-25-7-5-6-10-28(25)37-34(42)45/h5-7,10,19-20,26-27,30H,2-4,8-9,11-18,21-22H2,1H3,(H,37,45)(H2,36,38,44). The molecule has 0 bridgehead atoms. The van der Waals surface area contributed by atoms with Crippen LogP contribution in [0.3, 0.4) is 0 Å². The molecule has 1 aliphatic carbocycles. The van der Waals surface area contributed by atoms with Crippen LogP contribution in [0.25, 0.3) is 11.0 Å². The molecular weight excluding hydrogens is 598 g/mol. The van der Waals surface area contributed by atoms with Crippen molar-refractivity contribution in [3.63, 3.8) is 0 Å². The smallest absolute Gasteiger partial charge is 0.410 e. The molecule has 12 heteroatoms. The van der Waals surface area contributed by atoms with E-state index in [0.717, 1.165) is 41.0 Å². The number of rotatable bonds is 6. The first kappa shape index (κ1) is 31.3. The van der Waals surface area contributed by atoms with Gasteiger partial charge in [0.25, 0.3) is 5.91 Å². The lowest BCUT2D eigenvalue weighted by Crippen LogP contribution is -2.55. The summed E-state index contributed by atoms with van der Waals surface area (Å²) in [7, 11) is 0. The minimum atomic E-state index is -0.992. The SMILES string of the molecule is Cc1cc(CC(OC(=O)N2CCC(N3Cc4ccccc4NC3=O)CC2)C(=O)N2CCN(C3CCCCC3)CC2)cc2[nH]c(=O)[nH]c12. The Hall–Kier alpha value is -4.32. The number of H-pyrrole nitrogens is 2. The van der Waals surface area contributed by atoms with Crippen molar-refractivity contribution in [1.82, 2.24) is 29.6 Å². The van der Waals surface area contributed by atoms with E-state index in [-0.39, 0.29) is 30.1 Å². The molecule has 1 unspecified atom stereocenters. The first-order valence-electron chi connectivity index (χ1n) is 17.2. The highest BCUT2D eigenvalue weighted by molar-refractivity contribution is 5.92. The predicted octanol–water partition coefficient (Wildman–Crippen LogP) is 4.20. The van der Waals surface area contributed by atoms with Crippen LogP contribution in [-0.4, -0.2) is 105 Å². The fourth-order valence-electron chi connectivity index (χ4n) is 7.94. The second kappa shape index (κ2) is 13.4. The number of aromatic amines is 2. The van der Waals surface area contributed by atoms with Crippen molar-refractivity contribution >= 4 is 34.8 Å². The third-order valence-electron chi connectivity index (χ3n) is 10.6. The average molecular weight is 644 g/mol. The van der Waals surface area contributed by atoms with E-state index >= 15 is 0 Å². The molecule has 3 N–H and O–H groups in total. The highest BCUT2D eigenvalue weighted by Crippen LogP contribution is 2.29. The number of aryl methyl sites for hydroxylation is 1. The topological polar surface area (TPSA) is 134 Å². The van der Waals surface area contributed by atoms with Gasteiger partial charge in [-0.3, -0.25) is 9.69 Å². The molecular formula is C35H45N7O5. The van der Waals surface area contributed by atoms with Crippen LogP contribution in [0.15, 0.2) is 41.2 Å². The zero-order valence-electron chi connectivity index (χ0n) is 27.1. The fraction of sp³-hybridized carbons (Fsp3) is 0.543. The van der Waals surface area contributed by atoms with E-state index in [0.29, 0.717) is 57.1 Å². The van der Waals surface area contributed by atoms with Gasteiger partial charge < -0.3 is 34.7 Å². The quantitative estimate of drug-likeness (QED) is 0.369. The van der Waals surface area contributed by atoms with Crippen molar-refractivity contribution < 1.29 is 19.1 Å². The molecule has 3 aromatic rings. The molecule has 4 heterocycles. The summed E-state index contributed by atoms with van der Waals surface area (Å²) in [5.41, 5.74) is 4.71. The summed E-state index contributed by atoms with van der Waals surface area (Å²) in [5.74, 6) is -0.180. The number of piperazine rings is 1. The number of benzene rings is 2. The molecule has 1 aromatic heterocycles. The highest BCUT2D eigenvalue weighted by Gasteiger charge is 2.36. The number of amides is 4. The minimum Gasteiger partial charge on any atom is -0.436 e. The summed E-state index contributed by atoms with van der Waals surface area (Å²) in [5, 5.41) is 2.99. The van der Waals surface area contributed by atoms with E-state index in [1.807, 2.05) is 53.1 Å². The van der Waals surface area contributed by atoms with Crippen molar-refractivity contribution in [2.24, 2.45) is 0 Å². The fourth-order valence-corrected chi connectivity index (χ4v) is 7.94. The van der Waals surface area contributed by atoms with Crippen LogP contribution in [0.2, 0.25) is 0 Å². The van der Waals surface area contributed by atoms with Gasteiger partial charge in [0.2, 0.25) is 0 Å². The van der Waals surface area contributed by atoms with Crippen LogP contribution in [0, 0.1) is 6.92 Å². The second-order valence-electron chi connectivity index (χ2n) is 13.6. The Morgan fingerprint density at radius 2 is 1.62 bits per heavy atom. The first-order chi connectivity index (χ1) is 22.8. The Morgan fingerprint density at radius 3 is 2.38 bits per heavy atom. The number of likely N-dealkylation sites (tertiary alicyclic amines) is 1. The molecule has 250 valence electrons. The molecule has 4 aliphatic rings. The molecule has 2 saturated heterocycles. The number of aromatic nitrogens is 2. The van der Waals surface area contributed by atoms with Gasteiger partial charge in [-0.2, -0.15) is 0 Å². The number of urea groups is 1. The summed E-state index contributed by atoms with van der Waals surface area (Å²) in [6, 6.07) is 12.1. The molecule has 12 nitrogen and oxygen atoms in total. The monoisotopic (exact) mass is 643 g/mol. The molecule has 7 rings (SSSR count). The normalized spacial score (nSPS) is 20.6. The van der Waals surface area contributed by atoms with Crippen molar-refractivity contribution in [2.75, 3.05) is 44.6 Å². The Morgan fingerprint density at radius 1 is 0.872 bits per heavy atom. The van der Waals surface area contributed by atoms with Gasteiger partial charge in [0.15, 0.2) is 6.10 Å². The van der Waals surface area contributed by atoms with Crippen molar-refractivity contribution in [3.8, 4) is 0 Å². The molecule has 3 fully saturated rings. The molecule has 0 radical (unpaired) electrons. The van der Waals surface area contributed by atoms with E-state index in [9.17, 15) is 19.2 Å². The Bertz CT molecular complexity index is 1680. The lowest BCUT2D eigenvalue weighted by Gasteiger charge is -2.42. The molecule has 1 atom stereocenters. The lowest BCUT2D eigenvalue weighted by atomic mass is 9.94. The summed E-state index contributed by atoms with van der Waals surface area (Å²) in [4.78, 5) is 66.0. The van der Waals surface area contributed by atoms with Crippen LogP contribution < -0.4 is 11.0 Å². The van der Waals surface area contributed by atoms with E-state index in [1.165, 1.54) is 32.1 Å². The largest absolute Gasteiger partial charge is 0.436 e. The number of carbonyl (C=O) groups is 3. The number of hydrogen-bond donors (Lipinski definition) is 3. The van der Waals surface area contributed by atoms with Crippen LogP contribution >= 0.6 is 0 Å². The van der Waals surface area contributed by atoms with Crippen molar-refractivity contribution in [2.45, 2.75) is 83.0 Å². The minimum absolute atomic E-state index is 0.00324. The zero-order valence-corrected chi connectivity index (χ0v) is 27.1. The van der Waals surface area contributed by atoms with Gasteiger partial charge in [-0.25, -0.2) is 14.4 Å². The van der Waals surface area contributed by atoms with Gasteiger partial charge in [0.05, 0.1) is 11.0 Å². The van der Waals surface area contributed by atoms with Gasteiger partial charge in [0.1, 0.15) is 0 Å². The molecule has 0 spiro atoms. The number of imidazole rings is 1. The molecule has 3 aliphatic heterocycles. The lowest BCUT2D eigenvalue weighted by molar-refractivity contribution is -0.143. The van der Waals surface area contributed by atoms with Crippen LogP contribution in [0.4, 0.5) is 15.3 Å². The Kier molecular flexibility index (Phi) is 8.94. The molecule has 1 saturated carbocycles. The number of piperidine rings is 1. The number of hydrogen-bond acceptors (Lipinski definition) is 6. The Balaban J connectivity index is 1.02. The first-order valence-corrected chi connectivity index (χ1v) is 17.2. The van der Waals surface area contributed by atoms with Crippen LogP contribution in [-0.2, 0) is 22.5 Å². The summed E-state index contributed by atoms with van der Waals surface area (Å²) >= 11 is 0. The van der Waals surface area contributed by atoms with Gasteiger partial charge in [-0.15, -0.1) is 0 Å². The summed E-state index contributed by atoms with van der Waals surface area (Å²) < 4.78 is 6.07. The maximum absolute atomic E-state index is 14.0. The highest BCUT2D eigenvalue weighted by atomic mass is 16.6. The number of nitrogens with one attached hydrogen (secondary N) is 3. The summed E-state index contributed by atoms with van der Waals surface area (Å²) in [6.07, 6.45) is 6.27. The van der Waals surface area contributed by atoms with Gasteiger partial charge in [-0.05, 0) is 61.4 Å². The molecule has 4 amide bonds. The number of nitrogens with zero attached hydrogens (tertiary/aromatic N) is 4. The van der Waals surface area contributed by atoms with Crippen LogP contribution in [0.1, 0.15) is 61.6 Å². The molecule has 47 heavy (non-hydrogen) atoms. The Labute approximate surface area is 274 Å². The maximum Gasteiger partial charge on any atom is 0.410 e. The summed E-state index contributed by atoms with van der Waals surface area (Å²) in [6.45, 7) is 6.20. The van der Waals surface area contributed by atoms with Gasteiger partial charge >= 0.3 is 17.8 Å². The van der Waals surface area contributed by atoms with Gasteiger partial charge in [0, 0.05) is 70.0 Å². The number of carbonyl (C=O) groups excluding carboxylic acids is 3. The average Bonchev–Trinajstić information content (AvgIpc) is 3.48. The van der Waals surface area contributed by atoms with E-state index in [1.54, 1.807) is 4.90 Å². The number of para-hydroxylation sites is 1. The third-order valence-corrected chi connectivity index (χ3v) is 10.6. The van der Waals surface area contributed by atoms with E-state index in [2.05, 4.69) is 20.2 Å².